The van der Waals surface area contributed by atoms with Crippen LogP contribution in [0.15, 0.2) is 0 Å². The molecule has 152 valence electrons. The summed E-state index contributed by atoms with van der Waals surface area (Å²) in [5, 5.41) is 6.86. The molecule has 6 heteroatoms. The maximum absolute atomic E-state index is 13.0. The molecule has 2 aliphatic heterocycles. The number of carbonyl (C=O) groups is 2. The number of rotatable bonds is 5. The maximum atomic E-state index is 13.0. The fourth-order valence-electron chi connectivity index (χ4n) is 4.92. The van der Waals surface area contributed by atoms with E-state index in [9.17, 15) is 9.59 Å². The lowest BCUT2D eigenvalue weighted by atomic mass is 9.95. The first-order valence-corrected chi connectivity index (χ1v) is 11.3. The lowest BCUT2D eigenvalue weighted by Gasteiger charge is -2.38. The van der Waals surface area contributed by atoms with E-state index in [0.717, 1.165) is 70.6 Å². The number of likely N-dealkylation sites (tertiary alicyclic amines) is 2. The molecule has 0 aromatic rings. The molecule has 2 heterocycles. The predicted octanol–water partition coefficient (Wildman–Crippen LogP) is 2.34. The van der Waals surface area contributed by atoms with Crippen molar-refractivity contribution in [1.29, 1.82) is 0 Å². The van der Waals surface area contributed by atoms with E-state index in [2.05, 4.69) is 15.5 Å². The second-order valence-electron chi connectivity index (χ2n) is 9.17. The van der Waals surface area contributed by atoms with Crippen molar-refractivity contribution >= 4 is 11.9 Å². The van der Waals surface area contributed by atoms with E-state index in [1.807, 2.05) is 4.90 Å². The van der Waals surface area contributed by atoms with E-state index in [-0.39, 0.29) is 17.9 Å². The van der Waals surface area contributed by atoms with Crippen molar-refractivity contribution in [2.45, 2.75) is 76.3 Å². The van der Waals surface area contributed by atoms with Crippen LogP contribution in [-0.2, 0) is 4.79 Å². The van der Waals surface area contributed by atoms with Crippen molar-refractivity contribution in [2.75, 3.05) is 32.7 Å². The maximum Gasteiger partial charge on any atom is 0.317 e. The van der Waals surface area contributed by atoms with Gasteiger partial charge in [0.15, 0.2) is 0 Å². The van der Waals surface area contributed by atoms with Crippen LogP contribution in [0.4, 0.5) is 4.79 Å². The Hall–Kier alpha value is -1.30. The Balaban J connectivity index is 1.21. The summed E-state index contributed by atoms with van der Waals surface area (Å²) in [7, 11) is 0. The van der Waals surface area contributed by atoms with Gasteiger partial charge in [-0.15, -0.1) is 0 Å². The number of nitrogens with one attached hydrogen (secondary N) is 2. The summed E-state index contributed by atoms with van der Waals surface area (Å²) in [5.74, 6) is 1.17. The highest BCUT2D eigenvalue weighted by Gasteiger charge is 2.33. The molecule has 2 aliphatic carbocycles. The molecule has 0 aromatic carbocycles. The van der Waals surface area contributed by atoms with Crippen LogP contribution < -0.4 is 10.6 Å². The molecule has 2 N–H and O–H groups in total. The van der Waals surface area contributed by atoms with Crippen LogP contribution in [0.5, 0.6) is 0 Å². The second-order valence-corrected chi connectivity index (χ2v) is 9.17. The zero-order valence-electron chi connectivity index (χ0n) is 16.6. The Bertz CT molecular complexity index is 522. The average Bonchev–Trinajstić information content (AvgIpc) is 3.41. The number of piperidine rings is 2. The minimum absolute atomic E-state index is 0.0101. The van der Waals surface area contributed by atoms with Gasteiger partial charge in [-0.05, 0) is 63.8 Å². The number of amides is 3. The van der Waals surface area contributed by atoms with E-state index >= 15 is 0 Å². The van der Waals surface area contributed by atoms with Gasteiger partial charge >= 0.3 is 6.03 Å². The monoisotopic (exact) mass is 376 g/mol. The van der Waals surface area contributed by atoms with Gasteiger partial charge in [0, 0.05) is 38.3 Å². The molecule has 27 heavy (non-hydrogen) atoms. The number of hydrogen-bond acceptors (Lipinski definition) is 3. The molecule has 1 atom stereocenters. The highest BCUT2D eigenvalue weighted by molar-refractivity contribution is 5.81. The summed E-state index contributed by atoms with van der Waals surface area (Å²) >= 11 is 0. The molecule has 4 aliphatic rings. The third kappa shape index (κ3) is 5.15. The molecule has 0 aromatic heterocycles. The third-order valence-electron chi connectivity index (χ3n) is 6.94. The molecule has 0 spiro atoms. The van der Waals surface area contributed by atoms with Gasteiger partial charge in [0.1, 0.15) is 0 Å². The Morgan fingerprint density at radius 3 is 2.22 bits per heavy atom. The summed E-state index contributed by atoms with van der Waals surface area (Å²) < 4.78 is 0. The van der Waals surface area contributed by atoms with Crippen LogP contribution in [-0.4, -0.2) is 66.5 Å². The van der Waals surface area contributed by atoms with Crippen LogP contribution >= 0.6 is 0 Å². The van der Waals surface area contributed by atoms with Gasteiger partial charge in [-0.1, -0.05) is 12.8 Å². The van der Waals surface area contributed by atoms with Crippen LogP contribution in [0.25, 0.3) is 0 Å². The largest absolute Gasteiger partial charge is 0.342 e. The van der Waals surface area contributed by atoms with Gasteiger partial charge in [0.2, 0.25) is 5.91 Å². The lowest BCUT2D eigenvalue weighted by molar-refractivity contribution is -0.138. The van der Waals surface area contributed by atoms with E-state index in [1.165, 1.54) is 25.7 Å². The van der Waals surface area contributed by atoms with E-state index in [4.69, 9.17) is 0 Å². The Kier molecular flexibility index (Phi) is 6.21. The van der Waals surface area contributed by atoms with E-state index < -0.39 is 0 Å². The topological polar surface area (TPSA) is 64.7 Å². The highest BCUT2D eigenvalue weighted by Crippen LogP contribution is 2.28. The van der Waals surface area contributed by atoms with E-state index in [1.54, 1.807) is 0 Å². The minimum atomic E-state index is -0.0101. The SMILES string of the molecule is O=C(NC1CCCC1)N1CCCC(C(=O)N2CCC(NCC3CC3)CC2)C1. The molecule has 1 unspecified atom stereocenters. The van der Waals surface area contributed by atoms with Crippen LogP contribution in [0.2, 0.25) is 0 Å². The van der Waals surface area contributed by atoms with Crippen LogP contribution in [0.1, 0.15) is 64.2 Å². The van der Waals surface area contributed by atoms with Crippen molar-refractivity contribution in [3.8, 4) is 0 Å². The average molecular weight is 377 g/mol. The smallest absolute Gasteiger partial charge is 0.317 e. The molecule has 2 saturated heterocycles. The fraction of sp³-hybridized carbons (Fsp3) is 0.905. The van der Waals surface area contributed by atoms with Crippen molar-refractivity contribution in [2.24, 2.45) is 11.8 Å². The van der Waals surface area contributed by atoms with Crippen molar-refractivity contribution in [1.82, 2.24) is 20.4 Å². The third-order valence-corrected chi connectivity index (χ3v) is 6.94. The number of urea groups is 1. The summed E-state index contributed by atoms with van der Waals surface area (Å²) in [5.41, 5.74) is 0. The highest BCUT2D eigenvalue weighted by atomic mass is 16.2. The molecule has 6 nitrogen and oxygen atoms in total. The quantitative estimate of drug-likeness (QED) is 0.774. The summed E-state index contributed by atoms with van der Waals surface area (Å²) in [6.45, 7) is 4.27. The van der Waals surface area contributed by atoms with Crippen molar-refractivity contribution in [3.63, 3.8) is 0 Å². The number of nitrogens with zero attached hydrogens (tertiary/aromatic N) is 2. The second kappa shape index (κ2) is 8.80. The molecule has 2 saturated carbocycles. The normalized spacial score (nSPS) is 27.8. The summed E-state index contributed by atoms with van der Waals surface area (Å²) in [4.78, 5) is 29.5. The molecule has 3 amide bonds. The van der Waals surface area contributed by atoms with E-state index in [0.29, 0.717) is 18.6 Å². The zero-order valence-corrected chi connectivity index (χ0v) is 16.6. The fourth-order valence-corrected chi connectivity index (χ4v) is 4.92. The van der Waals surface area contributed by atoms with Gasteiger partial charge in [-0.3, -0.25) is 4.79 Å². The zero-order chi connectivity index (χ0) is 18.6. The Morgan fingerprint density at radius 2 is 1.52 bits per heavy atom. The number of hydrogen-bond donors (Lipinski definition) is 2. The Labute approximate surface area is 163 Å². The standard InChI is InChI=1S/C21H36N4O2/c26-20(24-12-9-18(10-13-24)22-14-16-7-8-16)17-4-3-11-25(15-17)21(27)23-19-5-1-2-6-19/h16-19,22H,1-15H2,(H,23,27). The Morgan fingerprint density at radius 1 is 0.778 bits per heavy atom. The molecule has 0 bridgehead atoms. The van der Waals surface area contributed by atoms with Crippen LogP contribution in [0.3, 0.4) is 0 Å². The summed E-state index contributed by atoms with van der Waals surface area (Å²) in [6.07, 6.45) is 11.4. The van der Waals surface area contributed by atoms with Crippen molar-refractivity contribution < 1.29 is 9.59 Å². The first kappa shape index (κ1) is 19.0. The van der Waals surface area contributed by atoms with Crippen molar-refractivity contribution in [3.05, 3.63) is 0 Å². The molecular weight excluding hydrogens is 340 g/mol. The first-order valence-electron chi connectivity index (χ1n) is 11.3. The molecule has 4 fully saturated rings. The lowest BCUT2D eigenvalue weighted by Crippen LogP contribution is -2.53. The van der Waals surface area contributed by atoms with Gasteiger partial charge in [0.25, 0.3) is 0 Å². The molecule has 0 radical (unpaired) electrons. The van der Waals surface area contributed by atoms with Gasteiger partial charge in [0.05, 0.1) is 5.92 Å². The predicted molar refractivity (Wildman–Crippen MR) is 105 cm³/mol. The minimum Gasteiger partial charge on any atom is -0.342 e. The van der Waals surface area contributed by atoms with Gasteiger partial charge < -0.3 is 20.4 Å². The molecule has 4 rings (SSSR count). The van der Waals surface area contributed by atoms with Gasteiger partial charge in [-0.25, -0.2) is 4.79 Å². The van der Waals surface area contributed by atoms with Gasteiger partial charge in [-0.2, -0.15) is 0 Å². The first-order chi connectivity index (χ1) is 13.2. The molecular formula is C21H36N4O2. The van der Waals surface area contributed by atoms with Crippen LogP contribution in [0, 0.1) is 11.8 Å². The number of carbonyl (C=O) groups excluding carboxylic acids is 2. The summed E-state index contributed by atoms with van der Waals surface area (Å²) in [6, 6.07) is 0.966.